The Bertz CT molecular complexity index is 1530. The van der Waals surface area contributed by atoms with Gasteiger partial charge in [-0.1, -0.05) is 73.7 Å². The molecule has 1 heterocycles. The third-order valence-corrected chi connectivity index (χ3v) is 6.84. The number of amides is 1. The summed E-state index contributed by atoms with van der Waals surface area (Å²) in [6, 6.07) is 25.1. The standard InChI is InChI=1S/C31H27NO5/c1-4-19-12-14-21(15-13-19)28-27(29(33)24-11-7-9-20-8-5-6-10-23(20)24)30(34)31(35)32(28)22-16-17-25(36-2)26(18-22)37-3/h5-18,28,33H,4H2,1-3H3/b29-27-. The summed E-state index contributed by atoms with van der Waals surface area (Å²) in [5.74, 6) is -0.746. The minimum Gasteiger partial charge on any atom is -0.507 e. The molecule has 4 aromatic carbocycles. The lowest BCUT2D eigenvalue weighted by atomic mass is 9.92. The molecule has 1 saturated heterocycles. The smallest absolute Gasteiger partial charge is 0.300 e. The lowest BCUT2D eigenvalue weighted by molar-refractivity contribution is -0.132. The normalized spacial score (nSPS) is 16.8. The fourth-order valence-corrected chi connectivity index (χ4v) is 4.90. The van der Waals surface area contributed by atoms with Crippen molar-refractivity contribution < 1.29 is 24.2 Å². The first-order chi connectivity index (χ1) is 18.0. The number of hydrogen-bond acceptors (Lipinski definition) is 5. The maximum Gasteiger partial charge on any atom is 0.300 e. The zero-order valence-corrected chi connectivity index (χ0v) is 20.9. The number of ketones is 1. The van der Waals surface area contributed by atoms with Gasteiger partial charge in [-0.2, -0.15) is 0 Å². The van der Waals surface area contributed by atoms with Gasteiger partial charge in [0.2, 0.25) is 0 Å². The van der Waals surface area contributed by atoms with Gasteiger partial charge < -0.3 is 14.6 Å². The van der Waals surface area contributed by atoms with E-state index in [0.717, 1.165) is 22.8 Å². The van der Waals surface area contributed by atoms with E-state index in [-0.39, 0.29) is 11.3 Å². The van der Waals surface area contributed by atoms with Gasteiger partial charge in [0.25, 0.3) is 11.7 Å². The summed E-state index contributed by atoms with van der Waals surface area (Å²) >= 11 is 0. The predicted octanol–water partition coefficient (Wildman–Crippen LogP) is 6.05. The summed E-state index contributed by atoms with van der Waals surface area (Å²) in [5.41, 5.74) is 2.84. The van der Waals surface area contributed by atoms with Crippen molar-refractivity contribution in [1.82, 2.24) is 0 Å². The zero-order chi connectivity index (χ0) is 26.1. The van der Waals surface area contributed by atoms with Crippen LogP contribution < -0.4 is 14.4 Å². The van der Waals surface area contributed by atoms with Crippen LogP contribution in [0.25, 0.3) is 16.5 Å². The second kappa shape index (κ2) is 9.82. The number of carbonyl (C=O) groups excluding carboxylic acids is 2. The summed E-state index contributed by atoms with van der Waals surface area (Å²) in [5, 5.41) is 13.3. The molecule has 1 N–H and O–H groups in total. The largest absolute Gasteiger partial charge is 0.507 e. The molecule has 5 rings (SSSR count). The van der Waals surface area contributed by atoms with Crippen LogP contribution in [-0.2, 0) is 16.0 Å². The van der Waals surface area contributed by atoms with Gasteiger partial charge in [-0.3, -0.25) is 14.5 Å². The number of aryl methyl sites for hydroxylation is 1. The number of rotatable bonds is 6. The van der Waals surface area contributed by atoms with E-state index in [1.54, 1.807) is 24.3 Å². The van der Waals surface area contributed by atoms with Crippen molar-refractivity contribution in [3.05, 3.63) is 107 Å². The van der Waals surface area contributed by atoms with Crippen LogP contribution in [0.2, 0.25) is 0 Å². The number of anilines is 1. The molecule has 1 amide bonds. The van der Waals surface area contributed by atoms with E-state index in [9.17, 15) is 14.7 Å². The third kappa shape index (κ3) is 4.10. The fourth-order valence-electron chi connectivity index (χ4n) is 4.90. The number of ether oxygens (including phenoxy) is 2. The summed E-state index contributed by atoms with van der Waals surface area (Å²) in [4.78, 5) is 28.5. The Morgan fingerprint density at radius 2 is 1.57 bits per heavy atom. The van der Waals surface area contributed by atoms with Crippen LogP contribution in [0.5, 0.6) is 11.5 Å². The van der Waals surface area contributed by atoms with E-state index in [1.807, 2.05) is 60.7 Å². The quantitative estimate of drug-likeness (QED) is 0.201. The molecule has 0 saturated carbocycles. The van der Waals surface area contributed by atoms with Crippen LogP contribution >= 0.6 is 0 Å². The van der Waals surface area contributed by atoms with Crippen molar-refractivity contribution in [1.29, 1.82) is 0 Å². The SMILES string of the molecule is CCc1ccc(C2/C(=C(/O)c3cccc4ccccc34)C(=O)C(=O)N2c2ccc(OC)c(OC)c2)cc1. The number of fused-ring (bicyclic) bond motifs is 1. The molecule has 186 valence electrons. The molecule has 4 aromatic rings. The first-order valence-electron chi connectivity index (χ1n) is 12.1. The molecule has 1 aliphatic rings. The number of aliphatic hydroxyl groups excluding tert-OH is 1. The Morgan fingerprint density at radius 1 is 0.865 bits per heavy atom. The minimum absolute atomic E-state index is 0.0420. The molecule has 6 nitrogen and oxygen atoms in total. The molecule has 1 aliphatic heterocycles. The van der Waals surface area contributed by atoms with Crippen LogP contribution in [0.4, 0.5) is 5.69 Å². The van der Waals surface area contributed by atoms with Crippen molar-refractivity contribution in [2.75, 3.05) is 19.1 Å². The molecule has 6 heteroatoms. The summed E-state index contributed by atoms with van der Waals surface area (Å²) in [6.07, 6.45) is 0.853. The van der Waals surface area contributed by atoms with Crippen molar-refractivity contribution >= 4 is 33.9 Å². The Morgan fingerprint density at radius 3 is 2.27 bits per heavy atom. The van der Waals surface area contributed by atoms with Gasteiger partial charge in [0.1, 0.15) is 5.76 Å². The molecule has 37 heavy (non-hydrogen) atoms. The Kier molecular flexibility index (Phi) is 6.40. The van der Waals surface area contributed by atoms with E-state index in [0.29, 0.717) is 28.3 Å². The lowest BCUT2D eigenvalue weighted by Gasteiger charge is -2.26. The average Bonchev–Trinajstić information content (AvgIpc) is 3.21. The number of benzene rings is 4. The molecule has 0 radical (unpaired) electrons. The first kappa shape index (κ1) is 24.1. The number of Topliss-reactive ketones (excluding diaryl/α,β-unsaturated/α-hetero) is 1. The summed E-state index contributed by atoms with van der Waals surface area (Å²) < 4.78 is 10.8. The van der Waals surface area contributed by atoms with E-state index >= 15 is 0 Å². The molecule has 0 spiro atoms. The van der Waals surface area contributed by atoms with Crippen LogP contribution in [0, 0.1) is 0 Å². The van der Waals surface area contributed by atoms with E-state index in [1.165, 1.54) is 19.1 Å². The Balaban J connectivity index is 1.75. The second-order valence-electron chi connectivity index (χ2n) is 8.83. The molecule has 1 fully saturated rings. The van der Waals surface area contributed by atoms with Crippen molar-refractivity contribution in [3.8, 4) is 11.5 Å². The van der Waals surface area contributed by atoms with Gasteiger partial charge in [0.15, 0.2) is 11.5 Å². The maximum absolute atomic E-state index is 13.6. The molecule has 0 aromatic heterocycles. The molecule has 1 unspecified atom stereocenters. The first-order valence-corrected chi connectivity index (χ1v) is 12.1. The van der Waals surface area contributed by atoms with E-state index < -0.39 is 17.7 Å². The van der Waals surface area contributed by atoms with Gasteiger partial charge in [0, 0.05) is 17.3 Å². The van der Waals surface area contributed by atoms with Crippen LogP contribution in [0.15, 0.2) is 90.5 Å². The van der Waals surface area contributed by atoms with Gasteiger partial charge >= 0.3 is 0 Å². The number of hydrogen-bond donors (Lipinski definition) is 1. The highest BCUT2D eigenvalue weighted by molar-refractivity contribution is 6.51. The molecular weight excluding hydrogens is 466 g/mol. The Labute approximate surface area is 215 Å². The number of nitrogens with zero attached hydrogens (tertiary/aromatic N) is 1. The molecule has 0 bridgehead atoms. The van der Waals surface area contributed by atoms with Crippen LogP contribution in [0.1, 0.15) is 29.7 Å². The lowest BCUT2D eigenvalue weighted by Crippen LogP contribution is -2.29. The number of carbonyl (C=O) groups is 2. The number of methoxy groups -OCH3 is 2. The van der Waals surface area contributed by atoms with Gasteiger partial charge in [-0.25, -0.2) is 0 Å². The van der Waals surface area contributed by atoms with E-state index in [2.05, 4.69) is 6.92 Å². The molecule has 0 aliphatic carbocycles. The fraction of sp³-hybridized carbons (Fsp3) is 0.161. The monoisotopic (exact) mass is 493 g/mol. The van der Waals surface area contributed by atoms with Gasteiger partial charge in [-0.15, -0.1) is 0 Å². The van der Waals surface area contributed by atoms with Crippen molar-refractivity contribution in [3.63, 3.8) is 0 Å². The third-order valence-electron chi connectivity index (χ3n) is 6.84. The predicted molar refractivity (Wildman–Crippen MR) is 144 cm³/mol. The summed E-state index contributed by atoms with van der Waals surface area (Å²) in [7, 11) is 3.04. The highest BCUT2D eigenvalue weighted by Gasteiger charge is 2.47. The molecular formula is C31H27NO5. The van der Waals surface area contributed by atoms with Gasteiger partial charge in [0.05, 0.1) is 25.8 Å². The van der Waals surface area contributed by atoms with Gasteiger partial charge in [-0.05, 0) is 40.5 Å². The minimum atomic E-state index is -0.831. The van der Waals surface area contributed by atoms with Crippen LogP contribution in [-0.4, -0.2) is 31.0 Å². The highest BCUT2D eigenvalue weighted by atomic mass is 16.5. The number of aliphatic hydroxyl groups is 1. The maximum atomic E-state index is 13.6. The topological polar surface area (TPSA) is 76.1 Å². The Hall–Kier alpha value is -4.58. The van der Waals surface area contributed by atoms with Crippen molar-refractivity contribution in [2.24, 2.45) is 0 Å². The van der Waals surface area contributed by atoms with Crippen molar-refractivity contribution in [2.45, 2.75) is 19.4 Å². The average molecular weight is 494 g/mol. The second-order valence-corrected chi connectivity index (χ2v) is 8.83. The molecule has 1 atom stereocenters. The zero-order valence-electron chi connectivity index (χ0n) is 20.9. The van der Waals surface area contributed by atoms with Crippen LogP contribution in [0.3, 0.4) is 0 Å². The summed E-state index contributed by atoms with van der Waals surface area (Å²) in [6.45, 7) is 2.06. The highest BCUT2D eigenvalue weighted by Crippen LogP contribution is 2.44. The van der Waals surface area contributed by atoms with E-state index in [4.69, 9.17) is 9.47 Å².